The number of aromatic nitrogens is 1. The van der Waals surface area contributed by atoms with E-state index in [0.29, 0.717) is 47.5 Å². The van der Waals surface area contributed by atoms with Crippen molar-refractivity contribution in [3.05, 3.63) is 83.8 Å². The average Bonchev–Trinajstić information content (AvgIpc) is 3.44. The van der Waals surface area contributed by atoms with Crippen molar-refractivity contribution in [3.63, 3.8) is 0 Å². The van der Waals surface area contributed by atoms with Crippen LogP contribution in [-0.2, 0) is 0 Å². The number of carbonyl (C=O) groups excluding carboxylic acids is 1. The first-order valence-electron chi connectivity index (χ1n) is 10.3. The third kappa shape index (κ3) is 4.02. The largest absolute Gasteiger partial charge is 0.438 e. The standard InChI is InChI=1S/C24H17F4N3O2/c25-16-6-3-13(10-18(16)27)14-4-8-22-20(11-14)30-23(33-22)21-2-1-9-31(21)24(32)29-15-5-7-17(26)19(28)12-15/h3-8,10-12,21H,1-2,9H2,(H,29,32). The number of anilines is 1. The maximum Gasteiger partial charge on any atom is 0.322 e. The summed E-state index contributed by atoms with van der Waals surface area (Å²) in [5.41, 5.74) is 2.27. The van der Waals surface area contributed by atoms with Gasteiger partial charge in [0.05, 0.1) is 0 Å². The second-order valence-electron chi connectivity index (χ2n) is 7.77. The van der Waals surface area contributed by atoms with E-state index in [9.17, 15) is 22.4 Å². The van der Waals surface area contributed by atoms with E-state index in [0.717, 1.165) is 24.3 Å². The monoisotopic (exact) mass is 455 g/mol. The Morgan fingerprint density at radius 1 is 0.909 bits per heavy atom. The highest BCUT2D eigenvalue weighted by Gasteiger charge is 2.33. The van der Waals surface area contributed by atoms with Crippen LogP contribution in [0.25, 0.3) is 22.2 Å². The Kier molecular flexibility index (Phi) is 5.24. The van der Waals surface area contributed by atoms with Gasteiger partial charge in [-0.25, -0.2) is 27.3 Å². The highest BCUT2D eigenvalue weighted by molar-refractivity contribution is 5.90. The summed E-state index contributed by atoms with van der Waals surface area (Å²) in [5.74, 6) is -3.58. The van der Waals surface area contributed by atoms with Crippen LogP contribution in [0.3, 0.4) is 0 Å². The third-order valence-corrected chi connectivity index (χ3v) is 5.63. The molecule has 5 rings (SSSR count). The quantitative estimate of drug-likeness (QED) is 0.363. The molecule has 1 N–H and O–H groups in total. The lowest BCUT2D eigenvalue weighted by atomic mass is 10.1. The van der Waals surface area contributed by atoms with E-state index >= 15 is 0 Å². The van der Waals surface area contributed by atoms with Gasteiger partial charge >= 0.3 is 6.03 Å². The predicted octanol–water partition coefficient (Wildman–Crippen LogP) is 6.42. The number of hydrogen-bond donors (Lipinski definition) is 1. The molecule has 4 aromatic rings. The number of likely N-dealkylation sites (tertiary alicyclic amines) is 1. The summed E-state index contributed by atoms with van der Waals surface area (Å²) >= 11 is 0. The van der Waals surface area contributed by atoms with Crippen LogP contribution in [0.1, 0.15) is 24.8 Å². The van der Waals surface area contributed by atoms with Gasteiger partial charge in [0.1, 0.15) is 11.6 Å². The molecule has 0 spiro atoms. The summed E-state index contributed by atoms with van der Waals surface area (Å²) in [5, 5.41) is 2.57. The molecule has 0 bridgehead atoms. The first kappa shape index (κ1) is 21.0. The number of amides is 2. The number of halogens is 4. The SMILES string of the molecule is O=C(Nc1ccc(F)c(F)c1)N1CCCC1c1nc2cc(-c3ccc(F)c(F)c3)ccc2o1. The highest BCUT2D eigenvalue weighted by atomic mass is 19.2. The van der Waals surface area contributed by atoms with Crippen LogP contribution >= 0.6 is 0 Å². The fraction of sp³-hybridized carbons (Fsp3) is 0.167. The summed E-state index contributed by atoms with van der Waals surface area (Å²) in [6, 6.07) is 11.0. The van der Waals surface area contributed by atoms with E-state index in [1.807, 2.05) is 0 Å². The molecule has 2 amide bonds. The molecule has 5 nitrogen and oxygen atoms in total. The van der Waals surface area contributed by atoms with Gasteiger partial charge in [0.25, 0.3) is 0 Å². The molecule has 1 atom stereocenters. The minimum absolute atomic E-state index is 0.137. The average molecular weight is 455 g/mol. The molecule has 33 heavy (non-hydrogen) atoms. The van der Waals surface area contributed by atoms with E-state index in [2.05, 4.69) is 10.3 Å². The molecule has 1 unspecified atom stereocenters. The van der Waals surface area contributed by atoms with Crippen LogP contribution in [0.2, 0.25) is 0 Å². The van der Waals surface area contributed by atoms with Crippen molar-refractivity contribution in [2.24, 2.45) is 0 Å². The van der Waals surface area contributed by atoms with Crippen LogP contribution < -0.4 is 5.32 Å². The zero-order valence-electron chi connectivity index (χ0n) is 17.1. The number of urea groups is 1. The molecule has 168 valence electrons. The molecule has 1 aliphatic rings. The predicted molar refractivity (Wildman–Crippen MR) is 113 cm³/mol. The lowest BCUT2D eigenvalue weighted by Gasteiger charge is -2.22. The van der Waals surface area contributed by atoms with Gasteiger partial charge in [0, 0.05) is 18.3 Å². The Hall–Kier alpha value is -3.88. The zero-order chi connectivity index (χ0) is 23.1. The molecule has 1 aliphatic heterocycles. The Morgan fingerprint density at radius 2 is 1.61 bits per heavy atom. The molecule has 0 saturated carbocycles. The van der Waals surface area contributed by atoms with E-state index in [1.165, 1.54) is 17.0 Å². The fourth-order valence-electron chi connectivity index (χ4n) is 3.98. The molecule has 2 heterocycles. The van der Waals surface area contributed by atoms with Crippen molar-refractivity contribution in [1.82, 2.24) is 9.88 Å². The Labute approximate surface area is 185 Å². The van der Waals surface area contributed by atoms with Gasteiger partial charge in [0.2, 0.25) is 5.89 Å². The molecular formula is C24H17F4N3O2. The van der Waals surface area contributed by atoms with Gasteiger partial charge in [-0.15, -0.1) is 0 Å². The molecule has 1 fully saturated rings. The van der Waals surface area contributed by atoms with Crippen LogP contribution in [0.4, 0.5) is 28.0 Å². The highest BCUT2D eigenvalue weighted by Crippen LogP contribution is 2.35. The van der Waals surface area contributed by atoms with Gasteiger partial charge < -0.3 is 14.6 Å². The number of carbonyl (C=O) groups is 1. The Balaban J connectivity index is 1.39. The lowest BCUT2D eigenvalue weighted by molar-refractivity contribution is 0.199. The summed E-state index contributed by atoms with van der Waals surface area (Å²) in [6.07, 6.45) is 1.34. The Bertz CT molecular complexity index is 1370. The lowest BCUT2D eigenvalue weighted by Crippen LogP contribution is -2.34. The number of oxazole rings is 1. The minimum atomic E-state index is -1.05. The fourth-order valence-corrected chi connectivity index (χ4v) is 3.98. The second-order valence-corrected chi connectivity index (χ2v) is 7.77. The molecule has 0 aliphatic carbocycles. The van der Waals surface area contributed by atoms with Crippen LogP contribution in [0.15, 0.2) is 59.0 Å². The summed E-state index contributed by atoms with van der Waals surface area (Å²) in [7, 11) is 0. The maximum absolute atomic E-state index is 13.6. The van der Waals surface area contributed by atoms with E-state index in [4.69, 9.17) is 4.42 Å². The van der Waals surface area contributed by atoms with Crippen molar-refractivity contribution < 1.29 is 26.8 Å². The maximum atomic E-state index is 13.6. The number of rotatable bonds is 3. The Morgan fingerprint density at radius 3 is 2.36 bits per heavy atom. The first-order valence-corrected chi connectivity index (χ1v) is 10.3. The topological polar surface area (TPSA) is 58.4 Å². The van der Waals surface area contributed by atoms with Gasteiger partial charge in [-0.1, -0.05) is 12.1 Å². The number of benzene rings is 3. The number of fused-ring (bicyclic) bond motifs is 1. The van der Waals surface area contributed by atoms with Crippen LogP contribution in [-0.4, -0.2) is 22.5 Å². The molecule has 1 aromatic heterocycles. The van der Waals surface area contributed by atoms with E-state index in [-0.39, 0.29) is 5.69 Å². The van der Waals surface area contributed by atoms with Crippen molar-refractivity contribution in [2.45, 2.75) is 18.9 Å². The van der Waals surface area contributed by atoms with Crippen molar-refractivity contribution in [2.75, 3.05) is 11.9 Å². The van der Waals surface area contributed by atoms with Gasteiger partial charge in [-0.2, -0.15) is 0 Å². The molecule has 1 saturated heterocycles. The van der Waals surface area contributed by atoms with Crippen LogP contribution in [0.5, 0.6) is 0 Å². The molecule has 0 radical (unpaired) electrons. The van der Waals surface area contributed by atoms with Gasteiger partial charge in [-0.05, 0) is 60.4 Å². The number of hydrogen-bond acceptors (Lipinski definition) is 3. The molecular weight excluding hydrogens is 438 g/mol. The van der Waals surface area contributed by atoms with Crippen molar-refractivity contribution in [3.8, 4) is 11.1 Å². The van der Waals surface area contributed by atoms with E-state index in [1.54, 1.807) is 18.2 Å². The molecule has 9 heteroatoms. The molecule has 3 aromatic carbocycles. The van der Waals surface area contributed by atoms with Crippen LogP contribution in [0, 0.1) is 23.3 Å². The van der Waals surface area contributed by atoms with Gasteiger partial charge in [0.15, 0.2) is 28.9 Å². The normalized spacial score (nSPS) is 15.9. The summed E-state index contributed by atoms with van der Waals surface area (Å²) in [4.78, 5) is 18.8. The number of nitrogens with zero attached hydrogens (tertiary/aromatic N) is 2. The third-order valence-electron chi connectivity index (χ3n) is 5.63. The van der Waals surface area contributed by atoms with E-state index < -0.39 is 35.3 Å². The summed E-state index contributed by atoms with van der Waals surface area (Å²) < 4.78 is 59.3. The minimum Gasteiger partial charge on any atom is -0.438 e. The zero-order valence-corrected chi connectivity index (χ0v) is 17.1. The smallest absolute Gasteiger partial charge is 0.322 e. The van der Waals surface area contributed by atoms with Crippen molar-refractivity contribution >= 4 is 22.8 Å². The number of nitrogens with one attached hydrogen (secondary N) is 1. The van der Waals surface area contributed by atoms with Crippen molar-refractivity contribution in [1.29, 1.82) is 0 Å². The summed E-state index contributed by atoms with van der Waals surface area (Å²) in [6.45, 7) is 0.443. The van der Waals surface area contributed by atoms with Gasteiger partial charge in [-0.3, -0.25) is 0 Å². The first-order chi connectivity index (χ1) is 15.9. The second kappa shape index (κ2) is 8.23.